The molecule has 3 aromatic rings. The minimum absolute atomic E-state index is 0.00900. The Kier molecular flexibility index (Phi) is 5.66. The fourth-order valence-electron chi connectivity index (χ4n) is 3.02. The van der Waals surface area contributed by atoms with Gasteiger partial charge in [0.05, 0.1) is 10.4 Å². The minimum atomic E-state index is -3.59. The van der Waals surface area contributed by atoms with Crippen molar-refractivity contribution in [2.45, 2.75) is 31.7 Å². The molecule has 0 amide bonds. The molecule has 2 aromatic heterocycles. The number of aryl methyl sites for hydroxylation is 1. The number of benzene rings is 1. The molecule has 0 bridgehead atoms. The van der Waals surface area contributed by atoms with E-state index in [-0.39, 0.29) is 27.3 Å². The second kappa shape index (κ2) is 7.74. The second-order valence-corrected chi connectivity index (χ2v) is 9.09. The largest absolute Gasteiger partial charge is 0.337 e. The summed E-state index contributed by atoms with van der Waals surface area (Å²) in [6.07, 6.45) is 1.43. The Morgan fingerprint density at radius 1 is 1.24 bits per heavy atom. The highest BCUT2D eigenvalue weighted by Crippen LogP contribution is 2.29. The smallest absolute Gasteiger partial charge is 0.270 e. The first-order chi connectivity index (χ1) is 13.6. The summed E-state index contributed by atoms with van der Waals surface area (Å²) in [6, 6.07) is 5.48. The first-order valence-electron chi connectivity index (χ1n) is 8.77. The average Bonchev–Trinajstić information content (AvgIpc) is 2.66. The number of sulfonamides is 1. The molecule has 2 N–H and O–H groups in total. The highest BCUT2D eigenvalue weighted by Gasteiger charge is 2.19. The third kappa shape index (κ3) is 3.85. The van der Waals surface area contributed by atoms with Gasteiger partial charge in [-0.3, -0.25) is 4.79 Å². The third-order valence-corrected chi connectivity index (χ3v) is 6.20. The van der Waals surface area contributed by atoms with Crippen molar-refractivity contribution in [3.63, 3.8) is 0 Å². The Hall–Kier alpha value is -2.49. The molecule has 0 spiro atoms. The quantitative estimate of drug-likeness (QED) is 0.633. The third-order valence-electron chi connectivity index (χ3n) is 4.51. The van der Waals surface area contributed by atoms with Crippen LogP contribution in [0.1, 0.15) is 25.5 Å². The molecule has 3 rings (SSSR count). The van der Waals surface area contributed by atoms with Crippen LogP contribution in [-0.2, 0) is 10.0 Å². The average molecular weight is 439 g/mol. The molecule has 10 heteroatoms. The molecule has 0 radical (unpaired) electrons. The molecule has 0 fully saturated rings. The van der Waals surface area contributed by atoms with E-state index < -0.39 is 21.4 Å². The van der Waals surface area contributed by atoms with Crippen LogP contribution in [0.25, 0.3) is 10.9 Å². The van der Waals surface area contributed by atoms with Crippen LogP contribution in [0.3, 0.4) is 0 Å². The number of halogens is 2. The zero-order valence-electron chi connectivity index (χ0n) is 16.2. The van der Waals surface area contributed by atoms with Crippen LogP contribution in [0.15, 0.2) is 40.2 Å². The van der Waals surface area contributed by atoms with Crippen LogP contribution in [0, 0.1) is 12.7 Å². The molecule has 0 aliphatic rings. The van der Waals surface area contributed by atoms with E-state index in [2.05, 4.69) is 15.0 Å². The van der Waals surface area contributed by atoms with Gasteiger partial charge in [-0.2, -0.15) is 0 Å². The first-order valence-corrected chi connectivity index (χ1v) is 10.6. The van der Waals surface area contributed by atoms with Crippen LogP contribution >= 0.6 is 11.6 Å². The van der Waals surface area contributed by atoms with Crippen LogP contribution < -0.4 is 15.6 Å². The summed E-state index contributed by atoms with van der Waals surface area (Å²) in [6.45, 7) is 5.21. The lowest BCUT2D eigenvalue weighted by atomic mass is 10.2. The molecule has 0 unspecified atom stereocenters. The van der Waals surface area contributed by atoms with Crippen molar-refractivity contribution in [2.75, 3.05) is 12.4 Å². The van der Waals surface area contributed by atoms with Crippen LogP contribution in [0.4, 0.5) is 15.9 Å². The topological polar surface area (TPSA) is 93.1 Å². The van der Waals surface area contributed by atoms with Crippen LogP contribution in [0.5, 0.6) is 0 Å². The molecule has 2 heterocycles. The number of rotatable bonds is 5. The molecule has 0 saturated carbocycles. The molecule has 1 aromatic carbocycles. The van der Waals surface area contributed by atoms with Crippen molar-refractivity contribution >= 4 is 44.0 Å². The Morgan fingerprint density at radius 2 is 1.93 bits per heavy atom. The maximum atomic E-state index is 15.3. The fourth-order valence-corrected chi connectivity index (χ4v) is 4.05. The predicted molar refractivity (Wildman–Crippen MR) is 112 cm³/mol. The number of aromatic nitrogens is 2. The van der Waals surface area contributed by atoms with E-state index in [9.17, 15) is 13.2 Å². The normalized spacial score (nSPS) is 12.0. The Morgan fingerprint density at radius 3 is 2.52 bits per heavy atom. The molecule has 29 heavy (non-hydrogen) atoms. The first kappa shape index (κ1) is 21.2. The number of pyridine rings is 2. The summed E-state index contributed by atoms with van der Waals surface area (Å²) in [7, 11) is -2.26. The van der Waals surface area contributed by atoms with E-state index in [0.717, 1.165) is 0 Å². The van der Waals surface area contributed by atoms with Gasteiger partial charge in [0.1, 0.15) is 5.02 Å². The van der Waals surface area contributed by atoms with Crippen molar-refractivity contribution in [2.24, 2.45) is 0 Å². The second-order valence-electron chi connectivity index (χ2n) is 6.80. The van der Waals surface area contributed by atoms with Gasteiger partial charge in [-0.05, 0) is 57.6 Å². The molecule has 0 aliphatic heterocycles. The number of hydrogen-bond donors (Lipinski definition) is 2. The van der Waals surface area contributed by atoms with Gasteiger partial charge in [0.2, 0.25) is 10.0 Å². The Balaban J connectivity index is 2.13. The van der Waals surface area contributed by atoms with E-state index in [4.69, 9.17) is 11.6 Å². The zero-order valence-corrected chi connectivity index (χ0v) is 17.8. The molecule has 154 valence electrons. The van der Waals surface area contributed by atoms with E-state index >= 15 is 4.39 Å². The summed E-state index contributed by atoms with van der Waals surface area (Å²) in [5.41, 5.74) is 0.681. The lowest BCUT2D eigenvalue weighted by molar-refractivity contribution is 0.572. The van der Waals surface area contributed by atoms with Crippen molar-refractivity contribution < 1.29 is 12.8 Å². The van der Waals surface area contributed by atoms with Gasteiger partial charge in [-0.1, -0.05) is 11.6 Å². The van der Waals surface area contributed by atoms with Crippen molar-refractivity contribution in [1.82, 2.24) is 14.3 Å². The van der Waals surface area contributed by atoms with Crippen molar-refractivity contribution in [3.8, 4) is 0 Å². The standard InChI is InChI=1S/C19H20ClFN4O3S/c1-10(2)25-17-12(8-14(20)19(25)26)9-23-18(16(17)21)24-15-6-5-13(7-11(15)3)29(27,28)22-4/h5-10,22H,1-4H3,(H,23,24). The Bertz CT molecular complexity index is 1270. The van der Waals surface area contributed by atoms with Gasteiger partial charge >= 0.3 is 0 Å². The predicted octanol–water partition coefficient (Wildman–Crippen LogP) is 3.73. The minimum Gasteiger partial charge on any atom is -0.337 e. The van der Waals surface area contributed by atoms with Gasteiger partial charge in [0.25, 0.3) is 5.56 Å². The number of hydrogen-bond acceptors (Lipinski definition) is 5. The van der Waals surface area contributed by atoms with Crippen molar-refractivity contribution in [3.05, 3.63) is 57.2 Å². The number of anilines is 2. The van der Waals surface area contributed by atoms with Gasteiger partial charge in [0.15, 0.2) is 11.6 Å². The summed E-state index contributed by atoms with van der Waals surface area (Å²) >= 11 is 5.99. The van der Waals surface area contributed by atoms with Crippen LogP contribution in [-0.4, -0.2) is 25.0 Å². The number of fused-ring (bicyclic) bond motifs is 1. The lowest BCUT2D eigenvalue weighted by Gasteiger charge is -2.17. The number of nitrogens with zero attached hydrogens (tertiary/aromatic N) is 2. The molecule has 0 saturated heterocycles. The SMILES string of the molecule is CNS(=O)(=O)c1ccc(Nc2ncc3cc(Cl)c(=O)n(C(C)C)c3c2F)c(C)c1. The monoisotopic (exact) mass is 438 g/mol. The zero-order chi connectivity index (χ0) is 21.5. The highest BCUT2D eigenvalue weighted by atomic mass is 35.5. The van der Waals surface area contributed by atoms with Crippen LogP contribution in [0.2, 0.25) is 5.02 Å². The molecule has 7 nitrogen and oxygen atoms in total. The highest BCUT2D eigenvalue weighted by molar-refractivity contribution is 7.89. The van der Waals surface area contributed by atoms with E-state index in [1.165, 1.54) is 42.1 Å². The summed E-state index contributed by atoms with van der Waals surface area (Å²) in [4.78, 5) is 16.6. The van der Waals surface area contributed by atoms with Gasteiger partial charge in [-0.25, -0.2) is 22.5 Å². The maximum Gasteiger partial charge on any atom is 0.270 e. The van der Waals surface area contributed by atoms with Crippen molar-refractivity contribution in [1.29, 1.82) is 0 Å². The van der Waals surface area contributed by atoms with Gasteiger partial charge in [0, 0.05) is 23.3 Å². The van der Waals surface area contributed by atoms with E-state index in [1.54, 1.807) is 20.8 Å². The lowest BCUT2D eigenvalue weighted by Crippen LogP contribution is -2.23. The molecule has 0 aliphatic carbocycles. The number of nitrogens with one attached hydrogen (secondary N) is 2. The maximum absolute atomic E-state index is 15.3. The Labute approximate surface area is 172 Å². The van der Waals surface area contributed by atoms with Gasteiger partial charge in [-0.15, -0.1) is 0 Å². The van der Waals surface area contributed by atoms with Gasteiger partial charge < -0.3 is 9.88 Å². The summed E-state index contributed by atoms with van der Waals surface area (Å²) in [5.74, 6) is -0.780. The summed E-state index contributed by atoms with van der Waals surface area (Å²) in [5, 5.41) is 3.27. The van der Waals surface area contributed by atoms with E-state index in [1.807, 2.05) is 0 Å². The molecule has 0 atom stereocenters. The van der Waals surface area contributed by atoms with E-state index in [0.29, 0.717) is 16.6 Å². The fraction of sp³-hybridized carbons (Fsp3) is 0.263. The molecular formula is C19H20ClFN4O3S. The summed E-state index contributed by atoms with van der Waals surface area (Å²) < 4.78 is 42.7. The molecular weight excluding hydrogens is 419 g/mol.